The first-order valence-electron chi connectivity index (χ1n) is 3.07. The Bertz CT molecular complexity index is 394. The molecule has 0 atom stereocenters. The van der Waals surface area contributed by atoms with Crippen molar-refractivity contribution in [2.45, 2.75) is 0 Å². The van der Waals surface area contributed by atoms with Crippen molar-refractivity contribution in [1.82, 2.24) is 19.7 Å². The van der Waals surface area contributed by atoms with E-state index in [0.29, 0.717) is 5.15 Å². The molecule has 0 saturated heterocycles. The van der Waals surface area contributed by atoms with Gasteiger partial charge in [0.05, 0.1) is 6.20 Å². The Morgan fingerprint density at radius 3 is 3.00 bits per heavy atom. The van der Waals surface area contributed by atoms with E-state index in [1.54, 1.807) is 17.9 Å². The average molecular weight is 169 g/mol. The zero-order chi connectivity index (χ0) is 7.84. The summed E-state index contributed by atoms with van der Waals surface area (Å²) in [7, 11) is 1.80. The SMILES string of the molecule is Cn1ncc2ncnc(Cl)c21. The molecule has 0 fully saturated rings. The van der Waals surface area contributed by atoms with Crippen LogP contribution in [0.4, 0.5) is 0 Å². The van der Waals surface area contributed by atoms with Crippen molar-refractivity contribution in [1.29, 1.82) is 0 Å². The molecule has 0 radical (unpaired) electrons. The van der Waals surface area contributed by atoms with Gasteiger partial charge in [0.2, 0.25) is 0 Å². The number of hydrogen-bond acceptors (Lipinski definition) is 3. The summed E-state index contributed by atoms with van der Waals surface area (Å²) in [5.41, 5.74) is 1.54. The van der Waals surface area contributed by atoms with Crippen LogP contribution in [0, 0.1) is 0 Å². The Labute approximate surface area is 67.8 Å². The average Bonchev–Trinajstić information content (AvgIpc) is 2.34. The molecule has 0 bridgehead atoms. The van der Waals surface area contributed by atoms with E-state index in [0.717, 1.165) is 11.0 Å². The molecule has 0 spiro atoms. The fourth-order valence-corrected chi connectivity index (χ4v) is 1.23. The molecule has 2 heterocycles. The van der Waals surface area contributed by atoms with Gasteiger partial charge in [-0.05, 0) is 0 Å². The van der Waals surface area contributed by atoms with Crippen molar-refractivity contribution in [3.63, 3.8) is 0 Å². The quantitative estimate of drug-likeness (QED) is 0.552. The van der Waals surface area contributed by atoms with Crippen LogP contribution in [0.3, 0.4) is 0 Å². The zero-order valence-corrected chi connectivity index (χ0v) is 6.58. The lowest BCUT2D eigenvalue weighted by Gasteiger charge is -1.93. The number of halogens is 1. The van der Waals surface area contributed by atoms with Gasteiger partial charge in [-0.25, -0.2) is 9.97 Å². The highest BCUT2D eigenvalue weighted by atomic mass is 35.5. The van der Waals surface area contributed by atoms with Crippen molar-refractivity contribution in [3.05, 3.63) is 17.7 Å². The minimum absolute atomic E-state index is 0.440. The molecule has 2 rings (SSSR count). The van der Waals surface area contributed by atoms with Gasteiger partial charge < -0.3 is 0 Å². The summed E-state index contributed by atoms with van der Waals surface area (Å²) in [4.78, 5) is 7.82. The van der Waals surface area contributed by atoms with Crippen LogP contribution in [0.1, 0.15) is 0 Å². The molecule has 0 aliphatic heterocycles. The summed E-state index contributed by atoms with van der Waals surface area (Å²) in [6.45, 7) is 0. The van der Waals surface area contributed by atoms with E-state index in [1.165, 1.54) is 6.33 Å². The standard InChI is InChI=1S/C6H5ClN4/c1-11-5-4(2-10-11)8-3-9-6(5)7/h2-3H,1H3. The van der Waals surface area contributed by atoms with Crippen molar-refractivity contribution in [3.8, 4) is 0 Å². The van der Waals surface area contributed by atoms with E-state index in [-0.39, 0.29) is 0 Å². The number of aryl methyl sites for hydroxylation is 1. The van der Waals surface area contributed by atoms with Gasteiger partial charge in [-0.15, -0.1) is 0 Å². The predicted molar refractivity (Wildman–Crippen MR) is 41.3 cm³/mol. The van der Waals surface area contributed by atoms with E-state index in [1.807, 2.05) is 0 Å². The molecule has 2 aromatic heterocycles. The third-order valence-corrected chi connectivity index (χ3v) is 1.76. The smallest absolute Gasteiger partial charge is 0.158 e. The third kappa shape index (κ3) is 0.867. The van der Waals surface area contributed by atoms with Gasteiger partial charge in [-0.1, -0.05) is 11.6 Å². The maximum atomic E-state index is 5.79. The molecular formula is C6H5ClN4. The number of rotatable bonds is 0. The van der Waals surface area contributed by atoms with Gasteiger partial charge in [0, 0.05) is 7.05 Å². The Balaban J connectivity index is 2.96. The minimum atomic E-state index is 0.440. The van der Waals surface area contributed by atoms with Crippen molar-refractivity contribution >= 4 is 22.6 Å². The first-order valence-corrected chi connectivity index (χ1v) is 3.45. The van der Waals surface area contributed by atoms with Crippen LogP contribution in [-0.4, -0.2) is 19.7 Å². The van der Waals surface area contributed by atoms with Gasteiger partial charge in [0.15, 0.2) is 5.15 Å². The van der Waals surface area contributed by atoms with E-state index >= 15 is 0 Å². The molecule has 11 heavy (non-hydrogen) atoms. The lowest BCUT2D eigenvalue weighted by molar-refractivity contribution is 0.795. The summed E-state index contributed by atoms with van der Waals surface area (Å²) in [5, 5.41) is 4.43. The molecule has 56 valence electrons. The maximum Gasteiger partial charge on any atom is 0.158 e. The minimum Gasteiger partial charge on any atom is -0.263 e. The highest BCUT2D eigenvalue weighted by Gasteiger charge is 2.04. The number of fused-ring (bicyclic) bond motifs is 1. The summed E-state index contributed by atoms with van der Waals surface area (Å²) in [6, 6.07) is 0. The normalized spacial score (nSPS) is 10.7. The summed E-state index contributed by atoms with van der Waals surface area (Å²) in [5.74, 6) is 0. The van der Waals surface area contributed by atoms with Gasteiger partial charge in [-0.2, -0.15) is 5.10 Å². The summed E-state index contributed by atoms with van der Waals surface area (Å²) >= 11 is 5.79. The van der Waals surface area contributed by atoms with Crippen LogP contribution in [0.15, 0.2) is 12.5 Å². The second kappa shape index (κ2) is 2.17. The zero-order valence-electron chi connectivity index (χ0n) is 5.82. The van der Waals surface area contributed by atoms with Crippen molar-refractivity contribution in [2.24, 2.45) is 7.05 Å². The number of nitrogens with zero attached hydrogens (tertiary/aromatic N) is 4. The second-order valence-electron chi connectivity index (χ2n) is 2.17. The van der Waals surface area contributed by atoms with Crippen molar-refractivity contribution in [2.75, 3.05) is 0 Å². The molecule has 0 amide bonds. The van der Waals surface area contributed by atoms with Crippen LogP contribution in [-0.2, 0) is 7.05 Å². The molecular weight excluding hydrogens is 164 g/mol. The molecule has 0 unspecified atom stereocenters. The highest BCUT2D eigenvalue weighted by Crippen LogP contribution is 2.16. The number of hydrogen-bond donors (Lipinski definition) is 0. The Kier molecular flexibility index (Phi) is 1.29. The largest absolute Gasteiger partial charge is 0.263 e. The van der Waals surface area contributed by atoms with E-state index in [2.05, 4.69) is 15.1 Å². The van der Waals surface area contributed by atoms with Gasteiger partial charge in [0.1, 0.15) is 17.4 Å². The van der Waals surface area contributed by atoms with Crippen LogP contribution >= 0.6 is 11.6 Å². The summed E-state index contributed by atoms with van der Waals surface area (Å²) in [6.07, 6.45) is 3.08. The Morgan fingerprint density at radius 1 is 1.45 bits per heavy atom. The molecule has 5 heteroatoms. The molecule has 2 aromatic rings. The topological polar surface area (TPSA) is 43.6 Å². The first-order chi connectivity index (χ1) is 5.29. The van der Waals surface area contributed by atoms with Crippen LogP contribution < -0.4 is 0 Å². The molecule has 0 aliphatic rings. The molecule has 0 N–H and O–H groups in total. The predicted octanol–water partition coefficient (Wildman–Crippen LogP) is 1.02. The molecule has 4 nitrogen and oxygen atoms in total. The van der Waals surface area contributed by atoms with Gasteiger partial charge >= 0.3 is 0 Å². The monoisotopic (exact) mass is 168 g/mol. The molecule has 0 aliphatic carbocycles. The van der Waals surface area contributed by atoms with E-state index < -0.39 is 0 Å². The van der Waals surface area contributed by atoms with Crippen LogP contribution in [0.5, 0.6) is 0 Å². The Morgan fingerprint density at radius 2 is 2.27 bits per heavy atom. The summed E-state index contributed by atoms with van der Waals surface area (Å²) < 4.78 is 1.65. The second-order valence-corrected chi connectivity index (χ2v) is 2.52. The molecule has 0 aromatic carbocycles. The van der Waals surface area contributed by atoms with Gasteiger partial charge in [0.25, 0.3) is 0 Å². The lowest BCUT2D eigenvalue weighted by atomic mass is 10.5. The van der Waals surface area contributed by atoms with Crippen molar-refractivity contribution < 1.29 is 0 Å². The lowest BCUT2D eigenvalue weighted by Crippen LogP contribution is -1.91. The van der Waals surface area contributed by atoms with E-state index in [9.17, 15) is 0 Å². The fraction of sp³-hybridized carbons (Fsp3) is 0.167. The maximum absolute atomic E-state index is 5.79. The third-order valence-electron chi connectivity index (χ3n) is 1.48. The fourth-order valence-electron chi connectivity index (χ4n) is 0.963. The number of aromatic nitrogens is 4. The molecule has 0 saturated carbocycles. The van der Waals surface area contributed by atoms with E-state index in [4.69, 9.17) is 11.6 Å². The highest BCUT2D eigenvalue weighted by molar-refractivity contribution is 6.33. The van der Waals surface area contributed by atoms with Gasteiger partial charge in [-0.3, -0.25) is 4.68 Å². The van der Waals surface area contributed by atoms with Crippen LogP contribution in [0.2, 0.25) is 5.15 Å². The Hall–Kier alpha value is -1.16. The first kappa shape index (κ1) is 6.54. The van der Waals surface area contributed by atoms with Crippen LogP contribution in [0.25, 0.3) is 11.0 Å².